The average molecular weight is 370 g/mol. The van der Waals surface area contributed by atoms with Gasteiger partial charge in [-0.3, -0.25) is 4.79 Å². The van der Waals surface area contributed by atoms with Gasteiger partial charge in [-0.2, -0.15) is 0 Å². The minimum Gasteiger partial charge on any atom is -0.321 e. The largest absolute Gasteiger partial charge is 0.321 e. The maximum Gasteiger partial charge on any atom is 0.279 e. The number of hydrogen-bond donors (Lipinski definition) is 2. The van der Waals surface area contributed by atoms with Crippen LogP contribution in [0.3, 0.4) is 0 Å². The van der Waals surface area contributed by atoms with Crippen LogP contribution in [0, 0.1) is 6.92 Å². The topological polar surface area (TPSA) is 33.5 Å². The molecule has 1 aliphatic rings. The summed E-state index contributed by atoms with van der Waals surface area (Å²) >= 11 is 3.63. The smallest absolute Gasteiger partial charge is 0.279 e. The molecule has 0 spiro atoms. The van der Waals surface area contributed by atoms with Gasteiger partial charge in [0.25, 0.3) is 5.91 Å². The second kappa shape index (κ2) is 7.12. The van der Waals surface area contributed by atoms with Crippen LogP contribution in [0.5, 0.6) is 0 Å². The van der Waals surface area contributed by atoms with E-state index in [9.17, 15) is 4.79 Å². The van der Waals surface area contributed by atoms with E-state index in [1.165, 1.54) is 20.2 Å². The second-order valence-corrected chi connectivity index (χ2v) is 8.48. The van der Waals surface area contributed by atoms with Gasteiger partial charge >= 0.3 is 0 Å². The molecule has 2 N–H and O–H groups in total. The number of benzene rings is 1. The van der Waals surface area contributed by atoms with Crippen molar-refractivity contribution >= 4 is 34.3 Å². The van der Waals surface area contributed by atoms with E-state index in [-0.39, 0.29) is 11.9 Å². The standard InChI is InChI=1S/C20H20N2OS2/c1-14-4-2-5-15(12-14)21-19(23)13-22-9-7-17-16(8-11-25-17)20(22)18-6-3-10-24-18/h2-6,8,10-12,20H,7,9,13H2,1H3,(H,21,23)/p+1/t20-/m0/s1. The van der Waals surface area contributed by atoms with Gasteiger partial charge in [-0.1, -0.05) is 18.2 Å². The highest BCUT2D eigenvalue weighted by Gasteiger charge is 2.35. The minimum atomic E-state index is 0.0841. The van der Waals surface area contributed by atoms with E-state index in [1.54, 1.807) is 11.3 Å². The minimum absolute atomic E-state index is 0.0841. The lowest BCUT2D eigenvalue weighted by molar-refractivity contribution is -0.919. The van der Waals surface area contributed by atoms with Gasteiger partial charge in [0.1, 0.15) is 6.04 Å². The maximum absolute atomic E-state index is 12.6. The lowest BCUT2D eigenvalue weighted by atomic mass is 9.98. The van der Waals surface area contributed by atoms with E-state index in [2.05, 4.69) is 34.3 Å². The zero-order valence-corrected chi connectivity index (χ0v) is 15.8. The van der Waals surface area contributed by atoms with Crippen molar-refractivity contribution < 1.29 is 9.69 Å². The Morgan fingerprint density at radius 3 is 2.92 bits per heavy atom. The van der Waals surface area contributed by atoms with E-state index in [0.717, 1.165) is 24.2 Å². The van der Waals surface area contributed by atoms with Crippen LogP contribution >= 0.6 is 22.7 Å². The normalized spacial score (nSPS) is 19.4. The lowest BCUT2D eigenvalue weighted by Gasteiger charge is -2.31. The molecule has 5 heteroatoms. The van der Waals surface area contributed by atoms with Crippen LogP contribution in [0.25, 0.3) is 0 Å². The molecule has 3 heterocycles. The number of nitrogens with one attached hydrogen (secondary N) is 2. The van der Waals surface area contributed by atoms with Gasteiger partial charge in [0.05, 0.1) is 11.4 Å². The number of quaternary nitrogens is 1. The predicted octanol–water partition coefficient (Wildman–Crippen LogP) is 3.29. The molecular formula is C20H21N2OS2+. The van der Waals surface area contributed by atoms with Crippen molar-refractivity contribution in [2.24, 2.45) is 0 Å². The molecule has 1 amide bonds. The molecule has 0 bridgehead atoms. The maximum atomic E-state index is 12.6. The molecule has 2 aromatic heterocycles. The first-order valence-electron chi connectivity index (χ1n) is 8.51. The van der Waals surface area contributed by atoms with Crippen molar-refractivity contribution in [1.82, 2.24) is 0 Å². The summed E-state index contributed by atoms with van der Waals surface area (Å²) < 4.78 is 0. The first-order chi connectivity index (χ1) is 12.2. The molecule has 2 atom stereocenters. The van der Waals surface area contributed by atoms with Crippen molar-refractivity contribution in [2.45, 2.75) is 19.4 Å². The SMILES string of the molecule is Cc1cccc(NC(=O)C[NH+]2CCc3sccc3[C@H]2c2cccs2)c1. The van der Waals surface area contributed by atoms with Crippen LogP contribution in [-0.2, 0) is 11.2 Å². The molecule has 0 fully saturated rings. The molecule has 0 aliphatic carbocycles. The number of thiophene rings is 2. The Morgan fingerprint density at radius 1 is 1.20 bits per heavy atom. The van der Waals surface area contributed by atoms with Crippen LogP contribution in [0.4, 0.5) is 5.69 Å². The summed E-state index contributed by atoms with van der Waals surface area (Å²) in [5, 5.41) is 7.37. The van der Waals surface area contributed by atoms with E-state index in [0.29, 0.717) is 6.54 Å². The molecular weight excluding hydrogens is 348 g/mol. The fraction of sp³-hybridized carbons (Fsp3) is 0.250. The lowest BCUT2D eigenvalue weighted by Crippen LogP contribution is -3.14. The molecule has 0 saturated heterocycles. The Balaban J connectivity index is 1.54. The Morgan fingerprint density at radius 2 is 2.12 bits per heavy atom. The van der Waals surface area contributed by atoms with Crippen LogP contribution in [0.1, 0.15) is 26.9 Å². The van der Waals surface area contributed by atoms with Gasteiger partial charge in [0.2, 0.25) is 0 Å². The highest BCUT2D eigenvalue weighted by Crippen LogP contribution is 2.31. The third-order valence-corrected chi connectivity index (χ3v) is 6.62. The Labute approximate surface area is 155 Å². The Hall–Kier alpha value is -1.95. The van der Waals surface area contributed by atoms with Gasteiger partial charge < -0.3 is 10.2 Å². The van der Waals surface area contributed by atoms with E-state index >= 15 is 0 Å². The molecule has 1 aliphatic heterocycles. The summed E-state index contributed by atoms with van der Waals surface area (Å²) in [6.07, 6.45) is 1.06. The predicted molar refractivity (Wildman–Crippen MR) is 105 cm³/mol. The number of hydrogen-bond acceptors (Lipinski definition) is 3. The van der Waals surface area contributed by atoms with Crippen molar-refractivity contribution in [3.63, 3.8) is 0 Å². The van der Waals surface area contributed by atoms with E-state index < -0.39 is 0 Å². The Kier molecular flexibility index (Phi) is 4.70. The summed E-state index contributed by atoms with van der Waals surface area (Å²) in [4.78, 5) is 16.8. The fourth-order valence-electron chi connectivity index (χ4n) is 3.58. The number of anilines is 1. The zero-order valence-electron chi connectivity index (χ0n) is 14.1. The van der Waals surface area contributed by atoms with Gasteiger partial charge in [-0.05, 0) is 47.5 Å². The molecule has 0 saturated carbocycles. The number of carbonyl (C=O) groups is 1. The molecule has 1 aromatic carbocycles. The fourth-order valence-corrected chi connectivity index (χ4v) is 5.41. The van der Waals surface area contributed by atoms with Crippen LogP contribution in [0.15, 0.2) is 53.2 Å². The molecule has 3 aromatic rings. The number of amides is 1. The van der Waals surface area contributed by atoms with E-state index in [1.807, 2.05) is 42.5 Å². The average Bonchev–Trinajstić information content (AvgIpc) is 3.26. The van der Waals surface area contributed by atoms with Gasteiger partial charge in [-0.15, -0.1) is 22.7 Å². The molecule has 25 heavy (non-hydrogen) atoms. The number of aryl methyl sites for hydroxylation is 1. The van der Waals surface area contributed by atoms with Crippen LogP contribution in [-0.4, -0.2) is 19.0 Å². The third kappa shape index (κ3) is 3.54. The van der Waals surface area contributed by atoms with Gasteiger partial charge in [0.15, 0.2) is 6.54 Å². The zero-order chi connectivity index (χ0) is 17.2. The van der Waals surface area contributed by atoms with Crippen LogP contribution < -0.4 is 10.2 Å². The summed E-state index contributed by atoms with van der Waals surface area (Å²) in [6.45, 7) is 3.53. The Bertz CT molecular complexity index is 869. The first-order valence-corrected chi connectivity index (χ1v) is 10.3. The number of rotatable bonds is 4. The monoisotopic (exact) mass is 369 g/mol. The summed E-state index contributed by atoms with van der Waals surface area (Å²) in [5.74, 6) is 0.0841. The van der Waals surface area contributed by atoms with Crippen LogP contribution in [0.2, 0.25) is 0 Å². The van der Waals surface area contributed by atoms with Crippen molar-refractivity contribution in [3.8, 4) is 0 Å². The third-order valence-electron chi connectivity index (χ3n) is 4.69. The molecule has 3 nitrogen and oxygen atoms in total. The second-order valence-electron chi connectivity index (χ2n) is 6.50. The summed E-state index contributed by atoms with van der Waals surface area (Å²) in [5.41, 5.74) is 3.44. The van der Waals surface area contributed by atoms with Gasteiger partial charge in [0, 0.05) is 22.5 Å². The quantitative estimate of drug-likeness (QED) is 0.727. The highest BCUT2D eigenvalue weighted by molar-refractivity contribution is 7.10. The number of carbonyl (C=O) groups excluding carboxylic acids is 1. The van der Waals surface area contributed by atoms with Crippen molar-refractivity contribution in [1.29, 1.82) is 0 Å². The molecule has 0 radical (unpaired) electrons. The summed E-state index contributed by atoms with van der Waals surface area (Å²) in [6, 6.07) is 14.8. The molecule has 1 unspecified atom stereocenters. The van der Waals surface area contributed by atoms with Gasteiger partial charge in [-0.25, -0.2) is 0 Å². The number of fused-ring (bicyclic) bond motifs is 1. The van der Waals surface area contributed by atoms with Crippen molar-refractivity contribution in [2.75, 3.05) is 18.4 Å². The summed E-state index contributed by atoms with van der Waals surface area (Å²) in [7, 11) is 0. The first kappa shape index (κ1) is 16.5. The van der Waals surface area contributed by atoms with Crippen molar-refractivity contribution in [3.05, 3.63) is 74.1 Å². The highest BCUT2D eigenvalue weighted by atomic mass is 32.1. The molecule has 128 valence electrons. The molecule has 4 rings (SSSR count). The van der Waals surface area contributed by atoms with E-state index in [4.69, 9.17) is 0 Å².